The van der Waals surface area contributed by atoms with E-state index in [1.165, 1.54) is 68.2 Å². The Morgan fingerprint density at radius 3 is 2.40 bits per heavy atom. The molecule has 0 aromatic heterocycles. The first-order chi connectivity index (χ1) is 14.3. The minimum atomic E-state index is -0.270. The number of aliphatic hydroxyl groups is 1. The zero-order chi connectivity index (χ0) is 21.1. The van der Waals surface area contributed by atoms with Crippen LogP contribution in [0.25, 0.3) is 6.08 Å². The Balaban J connectivity index is 1.41. The van der Waals surface area contributed by atoms with Gasteiger partial charge in [0.05, 0.1) is 6.10 Å². The lowest BCUT2D eigenvalue weighted by molar-refractivity contribution is -0.119. The zero-order valence-corrected chi connectivity index (χ0v) is 19.5. The van der Waals surface area contributed by atoms with E-state index in [-0.39, 0.29) is 11.5 Å². The van der Waals surface area contributed by atoms with Gasteiger partial charge >= 0.3 is 0 Å². The lowest BCUT2D eigenvalue weighted by Gasteiger charge is -2.60. The maximum atomic E-state index is 11.5. The molecule has 0 unspecified atom stereocenters. The highest BCUT2D eigenvalue weighted by molar-refractivity contribution is 5.59. The number of anilines is 1. The lowest BCUT2D eigenvalue weighted by Crippen LogP contribution is -2.53. The molecule has 0 spiro atoms. The smallest absolute Gasteiger partial charge is 0.0809 e. The highest BCUT2D eigenvalue weighted by Crippen LogP contribution is 2.67. The molecule has 0 radical (unpaired) electrons. The minimum Gasteiger partial charge on any atom is -0.388 e. The Hall–Kier alpha value is -1.28. The predicted octanol–water partition coefficient (Wildman–Crippen LogP) is 6.54. The molecule has 0 amide bonds. The van der Waals surface area contributed by atoms with Crippen LogP contribution in [0.2, 0.25) is 0 Å². The highest BCUT2D eigenvalue weighted by Gasteiger charge is 2.60. The van der Waals surface area contributed by atoms with E-state index in [4.69, 9.17) is 0 Å². The third-order valence-electron chi connectivity index (χ3n) is 10.2. The number of benzene rings is 1. The molecule has 2 nitrogen and oxygen atoms in total. The Kier molecular flexibility index (Phi) is 5.08. The van der Waals surface area contributed by atoms with Crippen LogP contribution in [0.3, 0.4) is 0 Å². The molecule has 2 heteroatoms. The molecule has 1 aromatic rings. The molecule has 4 fully saturated rings. The van der Waals surface area contributed by atoms with Crippen molar-refractivity contribution in [2.45, 2.75) is 77.7 Å². The van der Waals surface area contributed by atoms with Gasteiger partial charge in [-0.25, -0.2) is 0 Å². The fraction of sp³-hybridized carbons (Fsp3) is 0.714. The number of rotatable bonds is 2. The van der Waals surface area contributed by atoms with E-state index < -0.39 is 0 Å². The summed E-state index contributed by atoms with van der Waals surface area (Å²) in [6.45, 7) is 5.05. The van der Waals surface area contributed by atoms with Crippen LogP contribution >= 0.6 is 0 Å². The van der Waals surface area contributed by atoms with Gasteiger partial charge in [0.25, 0.3) is 0 Å². The van der Waals surface area contributed by atoms with E-state index in [0.29, 0.717) is 11.3 Å². The third-order valence-corrected chi connectivity index (χ3v) is 10.2. The summed E-state index contributed by atoms with van der Waals surface area (Å²) < 4.78 is 0. The largest absolute Gasteiger partial charge is 0.388 e. The van der Waals surface area contributed by atoms with Gasteiger partial charge in [0, 0.05) is 25.2 Å². The summed E-state index contributed by atoms with van der Waals surface area (Å²) >= 11 is 0. The maximum Gasteiger partial charge on any atom is 0.0809 e. The number of hydrogen-bond donors (Lipinski definition) is 1. The fourth-order valence-corrected chi connectivity index (χ4v) is 8.38. The van der Waals surface area contributed by atoms with Gasteiger partial charge in [-0.1, -0.05) is 44.9 Å². The highest BCUT2D eigenvalue weighted by atomic mass is 16.3. The van der Waals surface area contributed by atoms with Crippen LogP contribution < -0.4 is 4.90 Å². The van der Waals surface area contributed by atoms with Gasteiger partial charge < -0.3 is 10.0 Å². The quantitative estimate of drug-likeness (QED) is 0.602. The van der Waals surface area contributed by atoms with E-state index in [1.807, 2.05) is 0 Å². The van der Waals surface area contributed by atoms with Crippen LogP contribution in [0.4, 0.5) is 5.69 Å². The molecule has 5 rings (SSSR count). The molecule has 4 aliphatic carbocycles. The minimum absolute atomic E-state index is 0.0778. The molecule has 30 heavy (non-hydrogen) atoms. The van der Waals surface area contributed by atoms with E-state index in [2.05, 4.69) is 63.2 Å². The summed E-state index contributed by atoms with van der Waals surface area (Å²) in [5.41, 5.74) is 4.40. The molecular formula is C28H41NO. The number of hydrogen-bond acceptors (Lipinski definition) is 2. The van der Waals surface area contributed by atoms with Crippen LogP contribution in [-0.4, -0.2) is 25.3 Å². The summed E-state index contributed by atoms with van der Waals surface area (Å²) in [6.07, 6.45) is 14.3. The van der Waals surface area contributed by atoms with Crippen LogP contribution in [0.15, 0.2) is 29.8 Å². The molecule has 4 saturated carbocycles. The number of fused-ring (bicyclic) bond motifs is 5. The second kappa shape index (κ2) is 7.40. The van der Waals surface area contributed by atoms with Crippen molar-refractivity contribution in [1.29, 1.82) is 0 Å². The van der Waals surface area contributed by atoms with Crippen LogP contribution in [0, 0.1) is 34.5 Å². The van der Waals surface area contributed by atoms with Crippen molar-refractivity contribution in [2.24, 2.45) is 34.5 Å². The van der Waals surface area contributed by atoms with Crippen molar-refractivity contribution in [3.05, 3.63) is 35.4 Å². The molecule has 164 valence electrons. The van der Waals surface area contributed by atoms with Gasteiger partial charge in [-0.15, -0.1) is 0 Å². The topological polar surface area (TPSA) is 23.5 Å². The molecule has 7 atom stereocenters. The molecule has 0 saturated heterocycles. The predicted molar refractivity (Wildman–Crippen MR) is 126 cm³/mol. The van der Waals surface area contributed by atoms with Gasteiger partial charge in [0.1, 0.15) is 0 Å². The van der Waals surface area contributed by atoms with Crippen molar-refractivity contribution < 1.29 is 5.11 Å². The molecular weight excluding hydrogens is 366 g/mol. The van der Waals surface area contributed by atoms with E-state index in [1.54, 1.807) is 0 Å². The van der Waals surface area contributed by atoms with Crippen molar-refractivity contribution in [3.63, 3.8) is 0 Å². The normalized spacial score (nSPS) is 44.3. The summed E-state index contributed by atoms with van der Waals surface area (Å²) in [6, 6.07) is 8.78. The lowest BCUT2D eigenvalue weighted by atomic mass is 9.45. The SMILES string of the molecule is CN(C)c1ccc(/C=C2\C[C@@H]3[C@@H]4CC[C@@H]5CCCC[C@]5(C)[C@H]4CC[C@]3(C)[C@H]2O)cc1. The number of nitrogens with zero attached hydrogens (tertiary/aromatic N) is 1. The van der Waals surface area contributed by atoms with Crippen molar-refractivity contribution >= 4 is 11.8 Å². The van der Waals surface area contributed by atoms with Crippen molar-refractivity contribution in [3.8, 4) is 0 Å². The fourth-order valence-electron chi connectivity index (χ4n) is 8.38. The Labute approximate surface area is 183 Å². The van der Waals surface area contributed by atoms with E-state index in [9.17, 15) is 5.11 Å². The first-order valence-electron chi connectivity index (χ1n) is 12.5. The van der Waals surface area contributed by atoms with E-state index >= 15 is 0 Å². The first-order valence-corrected chi connectivity index (χ1v) is 12.5. The molecule has 0 heterocycles. The summed E-state index contributed by atoms with van der Waals surface area (Å²) in [5, 5.41) is 11.5. The molecule has 1 aromatic carbocycles. The Morgan fingerprint density at radius 1 is 0.900 bits per heavy atom. The van der Waals surface area contributed by atoms with Crippen LogP contribution in [-0.2, 0) is 0 Å². The zero-order valence-electron chi connectivity index (χ0n) is 19.5. The average molecular weight is 408 g/mol. The van der Waals surface area contributed by atoms with Crippen LogP contribution in [0.1, 0.15) is 77.2 Å². The second-order valence-corrected chi connectivity index (χ2v) is 11.8. The monoisotopic (exact) mass is 407 g/mol. The van der Waals surface area contributed by atoms with Crippen molar-refractivity contribution in [1.82, 2.24) is 0 Å². The number of aliphatic hydroxyl groups excluding tert-OH is 1. The Bertz CT molecular complexity index is 810. The molecule has 4 aliphatic rings. The summed E-state index contributed by atoms with van der Waals surface area (Å²) in [4.78, 5) is 2.14. The summed E-state index contributed by atoms with van der Waals surface area (Å²) in [5.74, 6) is 3.34. The average Bonchev–Trinajstić information content (AvgIpc) is 2.98. The second-order valence-electron chi connectivity index (χ2n) is 11.8. The maximum absolute atomic E-state index is 11.5. The van der Waals surface area contributed by atoms with E-state index in [0.717, 1.165) is 24.2 Å². The third kappa shape index (κ3) is 3.08. The Morgan fingerprint density at radius 2 is 1.67 bits per heavy atom. The van der Waals surface area contributed by atoms with Gasteiger partial charge in [-0.05, 0) is 97.3 Å². The molecule has 0 bridgehead atoms. The molecule has 1 N–H and O–H groups in total. The van der Waals surface area contributed by atoms with Crippen molar-refractivity contribution in [2.75, 3.05) is 19.0 Å². The van der Waals surface area contributed by atoms with Gasteiger partial charge in [-0.3, -0.25) is 0 Å². The first kappa shape index (κ1) is 20.6. The van der Waals surface area contributed by atoms with Gasteiger partial charge in [0.15, 0.2) is 0 Å². The van der Waals surface area contributed by atoms with Crippen LogP contribution in [0.5, 0.6) is 0 Å². The van der Waals surface area contributed by atoms with Gasteiger partial charge in [0.2, 0.25) is 0 Å². The summed E-state index contributed by atoms with van der Waals surface area (Å²) in [7, 11) is 4.16. The standard InChI is InChI=1S/C28H41NO/c1-27-15-6-5-7-21(27)10-13-23-24(27)14-16-28(2)25(23)18-20(26(28)30)17-19-8-11-22(12-9-19)29(3)4/h8-9,11-12,17,21,23-26,30H,5-7,10,13-16,18H2,1-4H3/b20-17+/t21-,23+,24-,25+,26-,27-,28-/m0/s1. The van der Waals surface area contributed by atoms with Gasteiger partial charge in [-0.2, -0.15) is 0 Å². The molecule has 0 aliphatic heterocycles.